The number of halogens is 2. The summed E-state index contributed by atoms with van der Waals surface area (Å²) < 4.78 is 0.179. The van der Waals surface area contributed by atoms with E-state index < -0.39 is 11.8 Å². The molecule has 0 N–H and O–H groups in total. The van der Waals surface area contributed by atoms with Gasteiger partial charge < -0.3 is 0 Å². The van der Waals surface area contributed by atoms with E-state index in [9.17, 15) is 9.59 Å². The fourth-order valence-corrected chi connectivity index (χ4v) is 3.87. The van der Waals surface area contributed by atoms with E-state index in [2.05, 4.69) is 0 Å². The molecule has 1 saturated heterocycles. The maximum absolute atomic E-state index is 12.6. The molecule has 3 nitrogen and oxygen atoms in total. The van der Waals surface area contributed by atoms with Gasteiger partial charge >= 0.3 is 0 Å². The van der Waals surface area contributed by atoms with Crippen molar-refractivity contribution in [3.63, 3.8) is 0 Å². The number of amides is 2. The first-order valence-corrected chi connectivity index (χ1v) is 8.78. The molecule has 2 amide bonds. The minimum absolute atomic E-state index is 0.175. The molecule has 7 heteroatoms. The van der Waals surface area contributed by atoms with Crippen LogP contribution in [0.2, 0.25) is 10.0 Å². The number of rotatable bonds is 2. The van der Waals surface area contributed by atoms with Crippen LogP contribution >= 0.6 is 47.2 Å². The Morgan fingerprint density at radius 1 is 1.12 bits per heavy atom. The standard InChI is InChI=1S/C17H9Cl2NO2S2/c18-11-6-7-12(13(19)9-11)15(21)20-16(22)14(24-17(20)23)8-10-4-2-1-3-5-10/h1-9H/b14-8-. The van der Waals surface area contributed by atoms with Gasteiger partial charge in [-0.3, -0.25) is 9.59 Å². The molecule has 0 aliphatic carbocycles. The zero-order valence-electron chi connectivity index (χ0n) is 12.0. The van der Waals surface area contributed by atoms with Gasteiger partial charge in [0.1, 0.15) is 0 Å². The van der Waals surface area contributed by atoms with Crippen LogP contribution in [0.3, 0.4) is 0 Å². The smallest absolute Gasteiger partial charge is 0.268 e. The third-order valence-electron chi connectivity index (χ3n) is 3.26. The van der Waals surface area contributed by atoms with Crippen molar-refractivity contribution in [3.05, 3.63) is 74.6 Å². The van der Waals surface area contributed by atoms with E-state index in [-0.39, 0.29) is 14.9 Å². The molecular weight excluding hydrogens is 385 g/mol. The lowest BCUT2D eigenvalue weighted by Crippen LogP contribution is -2.34. The van der Waals surface area contributed by atoms with Crippen LogP contribution in [0, 0.1) is 0 Å². The van der Waals surface area contributed by atoms with Gasteiger partial charge in [-0.05, 0) is 29.8 Å². The first-order chi connectivity index (χ1) is 11.5. The van der Waals surface area contributed by atoms with Crippen LogP contribution in [0.15, 0.2) is 53.4 Å². The summed E-state index contributed by atoms with van der Waals surface area (Å²) in [6.07, 6.45) is 1.70. The van der Waals surface area contributed by atoms with Crippen molar-refractivity contribution in [2.45, 2.75) is 0 Å². The Kier molecular flexibility index (Phi) is 5.06. The van der Waals surface area contributed by atoms with Gasteiger partial charge in [0.05, 0.1) is 15.5 Å². The minimum atomic E-state index is -0.560. The minimum Gasteiger partial charge on any atom is -0.268 e. The average molecular weight is 394 g/mol. The van der Waals surface area contributed by atoms with Crippen molar-refractivity contribution < 1.29 is 9.59 Å². The molecule has 0 atom stereocenters. The number of carbonyl (C=O) groups excluding carboxylic acids is 2. The van der Waals surface area contributed by atoms with Crippen LogP contribution in [0.25, 0.3) is 6.08 Å². The molecule has 1 fully saturated rings. The van der Waals surface area contributed by atoms with Gasteiger partial charge in [0.15, 0.2) is 4.32 Å². The maximum atomic E-state index is 12.6. The summed E-state index contributed by atoms with van der Waals surface area (Å²) in [5.74, 6) is -1.01. The van der Waals surface area contributed by atoms with Gasteiger partial charge in [-0.25, -0.2) is 4.90 Å². The Bertz CT molecular complexity index is 881. The maximum Gasteiger partial charge on any atom is 0.273 e. The number of thiocarbonyl (C=S) groups is 1. The molecular formula is C17H9Cl2NO2S2. The van der Waals surface area contributed by atoms with Crippen molar-refractivity contribution in [1.82, 2.24) is 4.90 Å². The summed E-state index contributed by atoms with van der Waals surface area (Å²) in [6, 6.07) is 13.8. The summed E-state index contributed by atoms with van der Waals surface area (Å²) in [5.41, 5.74) is 1.04. The van der Waals surface area contributed by atoms with Gasteiger partial charge in [-0.2, -0.15) is 0 Å². The van der Waals surface area contributed by atoms with Crippen LogP contribution in [0.5, 0.6) is 0 Å². The highest BCUT2D eigenvalue weighted by Gasteiger charge is 2.37. The Balaban J connectivity index is 1.92. The molecule has 24 heavy (non-hydrogen) atoms. The Labute approximate surface area is 158 Å². The van der Waals surface area contributed by atoms with Crippen LogP contribution in [-0.2, 0) is 4.79 Å². The molecule has 0 radical (unpaired) electrons. The predicted molar refractivity (Wildman–Crippen MR) is 102 cm³/mol. The van der Waals surface area contributed by atoms with Gasteiger partial charge in [0.25, 0.3) is 11.8 Å². The second-order valence-corrected chi connectivity index (χ2v) is 7.38. The van der Waals surface area contributed by atoms with E-state index >= 15 is 0 Å². The number of nitrogens with zero attached hydrogens (tertiary/aromatic N) is 1. The molecule has 120 valence electrons. The third kappa shape index (κ3) is 3.39. The van der Waals surface area contributed by atoms with Crippen LogP contribution in [-0.4, -0.2) is 21.0 Å². The molecule has 2 aromatic carbocycles. The number of imide groups is 1. The topological polar surface area (TPSA) is 37.4 Å². The largest absolute Gasteiger partial charge is 0.273 e. The number of thioether (sulfide) groups is 1. The summed E-state index contributed by atoms with van der Waals surface area (Å²) in [7, 11) is 0. The SMILES string of the molecule is O=C1/C(=C/c2ccccc2)SC(=S)N1C(=O)c1ccc(Cl)cc1Cl. The molecule has 0 unspecified atom stereocenters. The average Bonchev–Trinajstić information content (AvgIpc) is 2.82. The molecule has 0 spiro atoms. The van der Waals surface area contributed by atoms with E-state index in [0.717, 1.165) is 22.2 Å². The van der Waals surface area contributed by atoms with Crippen molar-refractivity contribution in [3.8, 4) is 0 Å². The van der Waals surface area contributed by atoms with Gasteiger partial charge in [-0.15, -0.1) is 0 Å². The first-order valence-electron chi connectivity index (χ1n) is 6.80. The number of carbonyl (C=O) groups is 2. The lowest BCUT2D eigenvalue weighted by atomic mass is 10.2. The van der Waals surface area contributed by atoms with Gasteiger partial charge in [0, 0.05) is 5.02 Å². The highest BCUT2D eigenvalue weighted by Crippen LogP contribution is 2.34. The third-order valence-corrected chi connectivity index (χ3v) is 5.11. The predicted octanol–water partition coefficient (Wildman–Crippen LogP) is 5.04. The Morgan fingerprint density at radius 3 is 2.50 bits per heavy atom. The quantitative estimate of drug-likeness (QED) is 0.407. The monoisotopic (exact) mass is 393 g/mol. The highest BCUT2D eigenvalue weighted by molar-refractivity contribution is 8.26. The summed E-state index contributed by atoms with van der Waals surface area (Å²) in [4.78, 5) is 26.6. The first kappa shape index (κ1) is 17.2. The van der Waals surface area contributed by atoms with Gasteiger partial charge in [0.2, 0.25) is 0 Å². The zero-order valence-corrected chi connectivity index (χ0v) is 15.2. The summed E-state index contributed by atoms with van der Waals surface area (Å²) >= 11 is 18.2. The van der Waals surface area contributed by atoms with E-state index in [1.165, 1.54) is 18.2 Å². The van der Waals surface area contributed by atoms with Gasteiger partial charge in [-0.1, -0.05) is 77.5 Å². The van der Waals surface area contributed by atoms with Crippen molar-refractivity contribution in [2.75, 3.05) is 0 Å². The molecule has 1 aliphatic rings. The Hall–Kier alpha value is -1.66. The fourth-order valence-electron chi connectivity index (χ4n) is 2.13. The number of hydrogen-bond donors (Lipinski definition) is 0. The van der Waals surface area contributed by atoms with E-state index in [0.29, 0.717) is 9.93 Å². The van der Waals surface area contributed by atoms with E-state index in [1.807, 2.05) is 30.3 Å². The molecule has 1 aliphatic heterocycles. The summed E-state index contributed by atoms with van der Waals surface area (Å²) in [5, 5.41) is 0.583. The molecule has 0 bridgehead atoms. The Morgan fingerprint density at radius 2 is 1.83 bits per heavy atom. The normalized spacial score (nSPS) is 16.1. The van der Waals surface area contributed by atoms with E-state index in [4.69, 9.17) is 35.4 Å². The van der Waals surface area contributed by atoms with Crippen molar-refractivity contribution in [2.24, 2.45) is 0 Å². The lowest BCUT2D eigenvalue weighted by Gasteiger charge is -2.13. The lowest BCUT2D eigenvalue weighted by molar-refractivity contribution is -0.120. The van der Waals surface area contributed by atoms with Crippen LogP contribution < -0.4 is 0 Å². The van der Waals surface area contributed by atoms with Crippen LogP contribution in [0.1, 0.15) is 15.9 Å². The number of hydrogen-bond acceptors (Lipinski definition) is 4. The second kappa shape index (κ2) is 7.07. The zero-order chi connectivity index (χ0) is 17.3. The summed E-state index contributed by atoms with van der Waals surface area (Å²) in [6.45, 7) is 0. The molecule has 0 saturated carbocycles. The van der Waals surface area contributed by atoms with Crippen molar-refractivity contribution in [1.29, 1.82) is 0 Å². The molecule has 1 heterocycles. The van der Waals surface area contributed by atoms with E-state index in [1.54, 1.807) is 6.08 Å². The van der Waals surface area contributed by atoms with Crippen LogP contribution in [0.4, 0.5) is 0 Å². The number of benzene rings is 2. The second-order valence-electron chi connectivity index (χ2n) is 4.86. The molecule has 0 aromatic heterocycles. The molecule has 2 aromatic rings. The highest BCUT2D eigenvalue weighted by atomic mass is 35.5. The fraction of sp³-hybridized carbons (Fsp3) is 0. The molecule has 3 rings (SSSR count). The van der Waals surface area contributed by atoms with Crippen molar-refractivity contribution >= 4 is 69.4 Å².